The molecular formula is C15H20F3NO. The van der Waals surface area contributed by atoms with E-state index in [9.17, 15) is 13.2 Å². The van der Waals surface area contributed by atoms with Gasteiger partial charge >= 0.3 is 6.18 Å². The molecule has 1 aliphatic heterocycles. The molecule has 1 aliphatic rings. The molecule has 0 saturated carbocycles. The van der Waals surface area contributed by atoms with Crippen LogP contribution in [0.4, 0.5) is 13.2 Å². The molecule has 5 heteroatoms. The Bertz CT molecular complexity index is 482. The summed E-state index contributed by atoms with van der Waals surface area (Å²) in [5, 5.41) is 2.91. The first-order valence-electron chi connectivity index (χ1n) is 6.76. The minimum Gasteiger partial charge on any atom is -0.487 e. The maximum atomic E-state index is 12.3. The van der Waals surface area contributed by atoms with Crippen molar-refractivity contribution in [2.45, 2.75) is 58.0 Å². The van der Waals surface area contributed by atoms with Crippen LogP contribution in [0.3, 0.4) is 0 Å². The first-order valence-corrected chi connectivity index (χ1v) is 6.76. The summed E-state index contributed by atoms with van der Waals surface area (Å²) < 4.78 is 42.8. The smallest absolute Gasteiger partial charge is 0.390 e. The second-order valence-corrected chi connectivity index (χ2v) is 6.05. The number of hydrogen-bond donors (Lipinski definition) is 1. The maximum absolute atomic E-state index is 12.3. The highest BCUT2D eigenvalue weighted by Gasteiger charge is 2.32. The number of rotatable bonds is 4. The summed E-state index contributed by atoms with van der Waals surface area (Å²) in [6.45, 7) is 5.95. The lowest BCUT2D eigenvalue weighted by Gasteiger charge is -2.19. The Morgan fingerprint density at radius 2 is 2.05 bits per heavy atom. The molecule has 0 aliphatic carbocycles. The molecule has 112 valence electrons. The van der Waals surface area contributed by atoms with E-state index in [1.54, 1.807) is 6.92 Å². The number of para-hydroxylation sites is 1. The van der Waals surface area contributed by atoms with Crippen molar-refractivity contribution in [3.8, 4) is 5.75 Å². The van der Waals surface area contributed by atoms with E-state index in [4.69, 9.17) is 4.74 Å². The molecule has 0 aromatic heterocycles. The fourth-order valence-electron chi connectivity index (χ4n) is 2.52. The standard InChI is InChI=1S/C15H20F3NO/c1-10(7-15(16,17)18)19-9-12-6-4-5-11-8-14(2,3)20-13(11)12/h4-6,10,19H,7-9H2,1-3H3. The third-order valence-electron chi connectivity index (χ3n) is 3.35. The average Bonchev–Trinajstić information content (AvgIpc) is 2.58. The lowest BCUT2D eigenvalue weighted by atomic mass is 10.0. The average molecular weight is 287 g/mol. The molecule has 0 saturated heterocycles. The van der Waals surface area contributed by atoms with Crippen LogP contribution in [-0.4, -0.2) is 17.8 Å². The van der Waals surface area contributed by atoms with E-state index in [0.717, 1.165) is 23.3 Å². The molecule has 0 spiro atoms. The van der Waals surface area contributed by atoms with E-state index in [1.165, 1.54) is 0 Å². The third-order valence-corrected chi connectivity index (χ3v) is 3.35. The lowest BCUT2D eigenvalue weighted by Crippen LogP contribution is -2.31. The number of nitrogens with one attached hydrogen (secondary N) is 1. The molecule has 0 fully saturated rings. The number of fused-ring (bicyclic) bond motifs is 1. The van der Waals surface area contributed by atoms with E-state index in [0.29, 0.717) is 6.54 Å². The summed E-state index contributed by atoms with van der Waals surface area (Å²) in [7, 11) is 0. The van der Waals surface area contributed by atoms with E-state index in [2.05, 4.69) is 5.32 Å². The van der Waals surface area contributed by atoms with Crippen LogP contribution in [0.15, 0.2) is 18.2 Å². The molecule has 2 rings (SSSR count). The predicted molar refractivity (Wildman–Crippen MR) is 71.8 cm³/mol. The van der Waals surface area contributed by atoms with Gasteiger partial charge in [-0.1, -0.05) is 18.2 Å². The Balaban J connectivity index is 2.01. The van der Waals surface area contributed by atoms with Gasteiger partial charge in [0.1, 0.15) is 11.4 Å². The Labute approximate surface area is 117 Å². The van der Waals surface area contributed by atoms with Gasteiger partial charge in [-0.2, -0.15) is 13.2 Å². The summed E-state index contributed by atoms with van der Waals surface area (Å²) in [5.41, 5.74) is 1.80. The van der Waals surface area contributed by atoms with E-state index in [-0.39, 0.29) is 5.60 Å². The highest BCUT2D eigenvalue weighted by atomic mass is 19.4. The van der Waals surface area contributed by atoms with Gasteiger partial charge in [0.25, 0.3) is 0 Å². The zero-order valence-corrected chi connectivity index (χ0v) is 12.0. The SMILES string of the molecule is CC(CC(F)(F)F)NCc1cccc2c1OC(C)(C)C2. The number of benzene rings is 1. The summed E-state index contributed by atoms with van der Waals surface area (Å²) in [5.74, 6) is 0.823. The summed E-state index contributed by atoms with van der Waals surface area (Å²) in [4.78, 5) is 0. The normalized spacial score (nSPS) is 18.5. The molecule has 1 unspecified atom stereocenters. The molecule has 1 heterocycles. The maximum Gasteiger partial charge on any atom is 0.390 e. The van der Waals surface area contributed by atoms with Crippen molar-refractivity contribution < 1.29 is 17.9 Å². The van der Waals surface area contributed by atoms with E-state index < -0.39 is 18.6 Å². The minimum atomic E-state index is -4.14. The largest absolute Gasteiger partial charge is 0.487 e. The van der Waals surface area contributed by atoms with Crippen LogP contribution in [0.25, 0.3) is 0 Å². The van der Waals surface area contributed by atoms with Gasteiger partial charge in [0, 0.05) is 24.6 Å². The minimum absolute atomic E-state index is 0.240. The van der Waals surface area contributed by atoms with Gasteiger partial charge in [0.2, 0.25) is 0 Å². The monoisotopic (exact) mass is 287 g/mol. The van der Waals surface area contributed by atoms with Crippen molar-refractivity contribution >= 4 is 0 Å². The molecular weight excluding hydrogens is 267 g/mol. The summed E-state index contributed by atoms with van der Waals surface area (Å²) in [6, 6.07) is 5.22. The van der Waals surface area contributed by atoms with Gasteiger partial charge in [0.15, 0.2) is 0 Å². The van der Waals surface area contributed by atoms with Gasteiger partial charge in [-0.15, -0.1) is 0 Å². The topological polar surface area (TPSA) is 21.3 Å². The Kier molecular flexibility index (Phi) is 4.00. The fourth-order valence-corrected chi connectivity index (χ4v) is 2.52. The van der Waals surface area contributed by atoms with Crippen molar-refractivity contribution in [3.63, 3.8) is 0 Å². The van der Waals surface area contributed by atoms with Gasteiger partial charge in [-0.05, 0) is 26.3 Å². The number of ether oxygens (including phenoxy) is 1. The predicted octanol–water partition coefficient (Wildman–Crippen LogP) is 3.83. The van der Waals surface area contributed by atoms with Crippen LogP contribution in [0.5, 0.6) is 5.75 Å². The van der Waals surface area contributed by atoms with Gasteiger partial charge in [-0.25, -0.2) is 0 Å². The van der Waals surface area contributed by atoms with Gasteiger partial charge in [-0.3, -0.25) is 0 Å². The molecule has 20 heavy (non-hydrogen) atoms. The zero-order valence-electron chi connectivity index (χ0n) is 12.0. The first-order chi connectivity index (χ1) is 9.16. The van der Waals surface area contributed by atoms with Crippen LogP contribution in [0.2, 0.25) is 0 Å². The molecule has 1 aromatic rings. The van der Waals surface area contributed by atoms with Crippen LogP contribution in [0, 0.1) is 0 Å². The van der Waals surface area contributed by atoms with Gasteiger partial charge < -0.3 is 10.1 Å². The van der Waals surface area contributed by atoms with Crippen molar-refractivity contribution in [1.29, 1.82) is 0 Å². The number of hydrogen-bond acceptors (Lipinski definition) is 2. The highest BCUT2D eigenvalue weighted by molar-refractivity contribution is 5.45. The number of alkyl halides is 3. The van der Waals surface area contributed by atoms with Crippen LogP contribution in [0.1, 0.15) is 38.3 Å². The zero-order chi connectivity index (χ0) is 15.0. The van der Waals surface area contributed by atoms with Crippen LogP contribution < -0.4 is 10.1 Å². The van der Waals surface area contributed by atoms with Crippen LogP contribution >= 0.6 is 0 Å². The second-order valence-electron chi connectivity index (χ2n) is 6.05. The lowest BCUT2D eigenvalue weighted by molar-refractivity contribution is -0.139. The Morgan fingerprint density at radius 1 is 1.35 bits per heavy atom. The van der Waals surface area contributed by atoms with E-state index >= 15 is 0 Å². The molecule has 1 N–H and O–H groups in total. The quantitative estimate of drug-likeness (QED) is 0.908. The summed E-state index contributed by atoms with van der Waals surface area (Å²) >= 11 is 0. The van der Waals surface area contributed by atoms with Crippen molar-refractivity contribution in [2.24, 2.45) is 0 Å². The Morgan fingerprint density at radius 3 is 2.70 bits per heavy atom. The fraction of sp³-hybridized carbons (Fsp3) is 0.600. The van der Waals surface area contributed by atoms with E-state index in [1.807, 2.05) is 32.0 Å². The number of halogens is 3. The molecule has 1 atom stereocenters. The van der Waals surface area contributed by atoms with Crippen molar-refractivity contribution in [1.82, 2.24) is 5.32 Å². The first kappa shape index (κ1) is 15.2. The Hall–Kier alpha value is -1.23. The van der Waals surface area contributed by atoms with Crippen LogP contribution in [-0.2, 0) is 13.0 Å². The highest BCUT2D eigenvalue weighted by Crippen LogP contribution is 2.37. The molecule has 2 nitrogen and oxygen atoms in total. The summed E-state index contributed by atoms with van der Waals surface area (Å²) in [6.07, 6.45) is -4.13. The molecule has 0 radical (unpaired) electrons. The third kappa shape index (κ3) is 3.88. The van der Waals surface area contributed by atoms with Crippen molar-refractivity contribution in [3.05, 3.63) is 29.3 Å². The molecule has 0 amide bonds. The second kappa shape index (κ2) is 5.28. The van der Waals surface area contributed by atoms with Gasteiger partial charge in [0.05, 0.1) is 6.42 Å². The molecule has 0 bridgehead atoms. The van der Waals surface area contributed by atoms with Crippen molar-refractivity contribution in [2.75, 3.05) is 0 Å². The molecule has 1 aromatic carbocycles.